The molecule has 1 aromatic rings. The van der Waals surface area contributed by atoms with Gasteiger partial charge in [0.2, 0.25) is 0 Å². The number of nitrogens with zero attached hydrogens (tertiary/aromatic N) is 3. The van der Waals surface area contributed by atoms with Crippen LogP contribution >= 0.6 is 11.6 Å². The van der Waals surface area contributed by atoms with Crippen LogP contribution in [0, 0.1) is 0 Å². The summed E-state index contributed by atoms with van der Waals surface area (Å²) in [4.78, 5) is 2.73. The maximum atomic E-state index is 8.28. The third kappa shape index (κ3) is 2.82. The van der Waals surface area contributed by atoms with Crippen LogP contribution in [0.3, 0.4) is 0 Å². The van der Waals surface area contributed by atoms with E-state index in [1.54, 1.807) is 12.1 Å². The summed E-state index contributed by atoms with van der Waals surface area (Å²) < 4.78 is 0. The van der Waals surface area contributed by atoms with E-state index < -0.39 is 0 Å². The largest absolute Gasteiger partial charge is 0.122 e. The van der Waals surface area contributed by atoms with Gasteiger partial charge in [-0.15, -0.1) is 11.6 Å². The standard InChI is InChI=1S/C9H8ClN3/c10-7-3-5-8-4-1-2-6-9(8)12-13-11/h1-6H,7H2. The summed E-state index contributed by atoms with van der Waals surface area (Å²) in [7, 11) is 0. The van der Waals surface area contributed by atoms with Crippen molar-refractivity contribution >= 4 is 23.4 Å². The van der Waals surface area contributed by atoms with Crippen LogP contribution in [0.5, 0.6) is 0 Å². The van der Waals surface area contributed by atoms with Crippen molar-refractivity contribution in [3.8, 4) is 0 Å². The summed E-state index contributed by atoms with van der Waals surface area (Å²) in [6.07, 6.45) is 3.63. The van der Waals surface area contributed by atoms with E-state index in [1.807, 2.05) is 24.3 Å². The van der Waals surface area contributed by atoms with Gasteiger partial charge in [-0.2, -0.15) is 0 Å². The number of hydrogen-bond donors (Lipinski definition) is 0. The van der Waals surface area contributed by atoms with E-state index >= 15 is 0 Å². The van der Waals surface area contributed by atoms with E-state index in [2.05, 4.69) is 10.0 Å². The van der Waals surface area contributed by atoms with Crippen LogP contribution < -0.4 is 0 Å². The first-order chi connectivity index (χ1) is 6.38. The normalized spacial score (nSPS) is 9.92. The van der Waals surface area contributed by atoms with Crippen LogP contribution in [0.25, 0.3) is 16.5 Å². The Morgan fingerprint density at radius 2 is 2.23 bits per heavy atom. The molecule has 13 heavy (non-hydrogen) atoms. The summed E-state index contributed by atoms with van der Waals surface area (Å²) in [5.74, 6) is 0.449. The Morgan fingerprint density at radius 3 is 2.92 bits per heavy atom. The molecule has 0 heterocycles. The van der Waals surface area contributed by atoms with Crippen LogP contribution in [0.1, 0.15) is 5.56 Å². The third-order valence-electron chi connectivity index (χ3n) is 1.48. The molecule has 3 nitrogen and oxygen atoms in total. The van der Waals surface area contributed by atoms with E-state index in [4.69, 9.17) is 17.1 Å². The summed E-state index contributed by atoms with van der Waals surface area (Å²) in [5, 5.41) is 3.55. The van der Waals surface area contributed by atoms with Crippen molar-refractivity contribution in [2.24, 2.45) is 5.11 Å². The number of alkyl halides is 1. The highest BCUT2D eigenvalue weighted by Crippen LogP contribution is 2.19. The zero-order chi connectivity index (χ0) is 9.52. The smallest absolute Gasteiger partial charge is 0.0447 e. The molecule has 0 radical (unpaired) electrons. The van der Waals surface area contributed by atoms with E-state index in [0.29, 0.717) is 11.6 Å². The fourth-order valence-corrected chi connectivity index (χ4v) is 1.03. The second-order valence-corrected chi connectivity index (χ2v) is 2.61. The predicted octanol–water partition coefficient (Wildman–Crippen LogP) is 3.88. The van der Waals surface area contributed by atoms with E-state index in [9.17, 15) is 0 Å². The van der Waals surface area contributed by atoms with Crippen LogP contribution in [0.4, 0.5) is 5.69 Å². The topological polar surface area (TPSA) is 48.8 Å². The number of rotatable bonds is 3. The Balaban J connectivity index is 3.04. The van der Waals surface area contributed by atoms with Gasteiger partial charge >= 0.3 is 0 Å². The molecule has 0 saturated carbocycles. The van der Waals surface area contributed by atoms with Crippen molar-refractivity contribution in [1.82, 2.24) is 0 Å². The minimum Gasteiger partial charge on any atom is -0.122 e. The van der Waals surface area contributed by atoms with Gasteiger partial charge in [-0.3, -0.25) is 0 Å². The SMILES string of the molecule is [N-]=[N+]=Nc1ccccc1C=CCCl. The average Bonchev–Trinajstić information content (AvgIpc) is 2.17. The summed E-state index contributed by atoms with van der Waals surface area (Å²) in [6, 6.07) is 7.33. The van der Waals surface area contributed by atoms with Gasteiger partial charge in [0.05, 0.1) is 0 Å². The van der Waals surface area contributed by atoms with E-state index in [0.717, 1.165) is 5.56 Å². The molecule has 0 aliphatic rings. The van der Waals surface area contributed by atoms with Crippen LogP contribution in [0.2, 0.25) is 0 Å². The lowest BCUT2D eigenvalue weighted by Gasteiger charge is -1.96. The first kappa shape index (κ1) is 9.65. The summed E-state index contributed by atoms with van der Waals surface area (Å²) >= 11 is 5.49. The average molecular weight is 194 g/mol. The minimum atomic E-state index is 0.449. The Kier molecular flexibility index (Phi) is 3.89. The molecule has 0 aliphatic heterocycles. The summed E-state index contributed by atoms with van der Waals surface area (Å²) in [6.45, 7) is 0. The highest BCUT2D eigenvalue weighted by molar-refractivity contribution is 6.19. The zero-order valence-electron chi connectivity index (χ0n) is 6.89. The Labute approximate surface area is 81.3 Å². The van der Waals surface area contributed by atoms with Crippen LogP contribution in [-0.4, -0.2) is 5.88 Å². The Bertz CT molecular complexity index is 354. The van der Waals surface area contributed by atoms with E-state index in [1.165, 1.54) is 0 Å². The number of hydrogen-bond acceptors (Lipinski definition) is 1. The lowest BCUT2D eigenvalue weighted by Crippen LogP contribution is -1.72. The summed E-state index contributed by atoms with van der Waals surface area (Å²) in [5.41, 5.74) is 9.77. The molecule has 66 valence electrons. The minimum absolute atomic E-state index is 0.449. The fraction of sp³-hybridized carbons (Fsp3) is 0.111. The zero-order valence-corrected chi connectivity index (χ0v) is 7.65. The molecular weight excluding hydrogens is 186 g/mol. The highest BCUT2D eigenvalue weighted by atomic mass is 35.5. The Morgan fingerprint density at radius 1 is 1.46 bits per heavy atom. The van der Waals surface area contributed by atoms with Gasteiger partial charge in [-0.1, -0.05) is 41.5 Å². The molecule has 0 amide bonds. The monoisotopic (exact) mass is 193 g/mol. The van der Waals surface area contributed by atoms with Crippen molar-refractivity contribution < 1.29 is 0 Å². The molecule has 0 spiro atoms. The molecule has 0 unspecified atom stereocenters. The molecule has 0 saturated heterocycles. The van der Waals surface area contributed by atoms with Gasteiger partial charge in [0, 0.05) is 16.5 Å². The maximum absolute atomic E-state index is 8.28. The number of halogens is 1. The molecular formula is C9H8ClN3. The maximum Gasteiger partial charge on any atom is 0.0447 e. The molecule has 1 aromatic carbocycles. The molecule has 4 heteroatoms. The van der Waals surface area contributed by atoms with Gasteiger partial charge in [-0.25, -0.2) is 0 Å². The molecule has 1 rings (SSSR count). The first-order valence-corrected chi connectivity index (χ1v) is 4.28. The number of benzene rings is 1. The third-order valence-corrected chi connectivity index (χ3v) is 1.65. The number of allylic oxidation sites excluding steroid dienone is 1. The fourth-order valence-electron chi connectivity index (χ4n) is 0.939. The van der Waals surface area contributed by atoms with Crippen molar-refractivity contribution in [3.05, 3.63) is 46.3 Å². The van der Waals surface area contributed by atoms with E-state index in [-0.39, 0.29) is 0 Å². The van der Waals surface area contributed by atoms with Gasteiger partial charge in [-0.05, 0) is 11.1 Å². The second-order valence-electron chi connectivity index (χ2n) is 2.30. The van der Waals surface area contributed by atoms with Crippen molar-refractivity contribution in [2.45, 2.75) is 0 Å². The number of azide groups is 1. The van der Waals surface area contributed by atoms with Gasteiger partial charge in [0.25, 0.3) is 0 Å². The van der Waals surface area contributed by atoms with Gasteiger partial charge < -0.3 is 0 Å². The van der Waals surface area contributed by atoms with Crippen LogP contribution in [-0.2, 0) is 0 Å². The Hall–Kier alpha value is -1.44. The van der Waals surface area contributed by atoms with Gasteiger partial charge in [0.15, 0.2) is 0 Å². The lowest BCUT2D eigenvalue weighted by atomic mass is 10.2. The van der Waals surface area contributed by atoms with Crippen molar-refractivity contribution in [2.75, 3.05) is 5.88 Å². The van der Waals surface area contributed by atoms with Crippen molar-refractivity contribution in [3.63, 3.8) is 0 Å². The van der Waals surface area contributed by atoms with Crippen molar-refractivity contribution in [1.29, 1.82) is 0 Å². The van der Waals surface area contributed by atoms with Gasteiger partial charge in [0.1, 0.15) is 0 Å². The molecule has 0 bridgehead atoms. The molecule has 0 aromatic heterocycles. The quantitative estimate of drug-likeness (QED) is 0.303. The second kappa shape index (κ2) is 5.25. The molecule has 0 atom stereocenters. The highest BCUT2D eigenvalue weighted by Gasteiger charge is 1.93. The predicted molar refractivity (Wildman–Crippen MR) is 55.0 cm³/mol. The molecule has 0 fully saturated rings. The van der Waals surface area contributed by atoms with Crippen LogP contribution in [0.15, 0.2) is 35.5 Å². The molecule has 0 N–H and O–H groups in total. The first-order valence-electron chi connectivity index (χ1n) is 3.75. The lowest BCUT2D eigenvalue weighted by molar-refractivity contribution is 1.46. The molecule has 0 aliphatic carbocycles.